The van der Waals surface area contributed by atoms with Crippen LogP contribution in [0, 0.1) is 5.82 Å². The summed E-state index contributed by atoms with van der Waals surface area (Å²) in [5.74, 6) is 1.27. The van der Waals surface area contributed by atoms with Gasteiger partial charge < -0.3 is 18.8 Å². The SMILES string of the molecule is COc1cc(F)ccc1-c1cc(NC(=O)OCc2ccc3c(c2)nc2n3CCOC2)n(C)n1. The number of hydrogen-bond donors (Lipinski definition) is 1. The van der Waals surface area contributed by atoms with E-state index in [4.69, 9.17) is 14.2 Å². The highest BCUT2D eigenvalue weighted by molar-refractivity contribution is 5.85. The first kappa shape index (κ1) is 21.0. The van der Waals surface area contributed by atoms with Gasteiger partial charge in [0.25, 0.3) is 0 Å². The molecule has 9 nitrogen and oxygen atoms in total. The fraction of sp³-hybridized carbons (Fsp3) is 0.261. The second kappa shape index (κ2) is 8.55. The van der Waals surface area contributed by atoms with Gasteiger partial charge in [-0.2, -0.15) is 5.10 Å². The van der Waals surface area contributed by atoms with Crippen molar-refractivity contribution in [2.24, 2.45) is 7.05 Å². The van der Waals surface area contributed by atoms with E-state index in [1.807, 2.05) is 18.2 Å². The summed E-state index contributed by atoms with van der Waals surface area (Å²) in [6.45, 7) is 2.05. The van der Waals surface area contributed by atoms with Crippen molar-refractivity contribution in [3.8, 4) is 17.0 Å². The van der Waals surface area contributed by atoms with Crippen molar-refractivity contribution < 1.29 is 23.4 Å². The highest BCUT2D eigenvalue weighted by Crippen LogP contribution is 2.31. The van der Waals surface area contributed by atoms with Crippen LogP contribution in [0.3, 0.4) is 0 Å². The van der Waals surface area contributed by atoms with E-state index >= 15 is 0 Å². The standard InChI is InChI=1S/C23H22FN5O4/c1-28-21(11-17(27-28)16-5-4-15(24)10-20(16)31-2)26-23(30)33-12-14-3-6-19-18(9-14)25-22-13-32-8-7-29(19)22/h3-6,9-11H,7-8,12-13H2,1-2H3,(H,26,30). The molecule has 0 bridgehead atoms. The number of rotatable bonds is 5. The van der Waals surface area contributed by atoms with E-state index in [-0.39, 0.29) is 6.61 Å². The maximum absolute atomic E-state index is 13.5. The first-order valence-corrected chi connectivity index (χ1v) is 10.4. The van der Waals surface area contributed by atoms with Crippen molar-refractivity contribution in [3.05, 3.63) is 59.7 Å². The second-order valence-electron chi connectivity index (χ2n) is 7.64. The van der Waals surface area contributed by atoms with Crippen LogP contribution in [0.2, 0.25) is 0 Å². The zero-order chi connectivity index (χ0) is 22.9. The summed E-state index contributed by atoms with van der Waals surface area (Å²) >= 11 is 0. The summed E-state index contributed by atoms with van der Waals surface area (Å²) in [6, 6.07) is 11.7. The largest absolute Gasteiger partial charge is 0.496 e. The van der Waals surface area contributed by atoms with E-state index in [1.54, 1.807) is 19.2 Å². The normalized spacial score (nSPS) is 13.1. The van der Waals surface area contributed by atoms with Crippen LogP contribution < -0.4 is 10.1 Å². The minimum absolute atomic E-state index is 0.0942. The number of benzene rings is 2. The Morgan fingerprint density at radius 1 is 1.24 bits per heavy atom. The maximum atomic E-state index is 13.5. The van der Waals surface area contributed by atoms with Gasteiger partial charge in [-0.3, -0.25) is 10.00 Å². The lowest BCUT2D eigenvalue weighted by molar-refractivity contribution is 0.0830. The minimum Gasteiger partial charge on any atom is -0.496 e. The lowest BCUT2D eigenvalue weighted by Crippen LogP contribution is -2.16. The van der Waals surface area contributed by atoms with Crippen molar-refractivity contribution in [2.45, 2.75) is 19.8 Å². The fourth-order valence-electron chi connectivity index (χ4n) is 3.88. The summed E-state index contributed by atoms with van der Waals surface area (Å²) in [5.41, 5.74) is 3.86. The summed E-state index contributed by atoms with van der Waals surface area (Å²) in [4.78, 5) is 17.0. The first-order valence-electron chi connectivity index (χ1n) is 10.4. The number of imidazole rings is 1. The van der Waals surface area contributed by atoms with E-state index in [0.717, 1.165) is 29.0 Å². The van der Waals surface area contributed by atoms with Crippen LogP contribution in [-0.4, -0.2) is 39.1 Å². The maximum Gasteiger partial charge on any atom is 0.413 e. The molecule has 1 aliphatic heterocycles. The molecule has 5 rings (SSSR count). The number of fused-ring (bicyclic) bond motifs is 3. The van der Waals surface area contributed by atoms with Gasteiger partial charge >= 0.3 is 6.09 Å². The predicted octanol–water partition coefficient (Wildman–Crippen LogP) is 3.86. The smallest absolute Gasteiger partial charge is 0.413 e. The summed E-state index contributed by atoms with van der Waals surface area (Å²) in [6.07, 6.45) is -0.617. The third-order valence-corrected chi connectivity index (χ3v) is 5.50. The van der Waals surface area contributed by atoms with Crippen molar-refractivity contribution >= 4 is 22.9 Å². The Labute approximate surface area is 188 Å². The van der Waals surface area contributed by atoms with Crippen LogP contribution in [-0.2, 0) is 36.3 Å². The van der Waals surface area contributed by atoms with Crippen molar-refractivity contribution in [3.63, 3.8) is 0 Å². The Kier molecular flexibility index (Phi) is 5.43. The summed E-state index contributed by atoms with van der Waals surface area (Å²) < 4.78 is 33.2. The molecule has 1 amide bonds. The molecule has 2 aromatic heterocycles. The van der Waals surface area contributed by atoms with Gasteiger partial charge in [-0.15, -0.1) is 0 Å². The molecule has 1 aliphatic rings. The van der Waals surface area contributed by atoms with Gasteiger partial charge in [0.1, 0.15) is 36.4 Å². The zero-order valence-electron chi connectivity index (χ0n) is 18.2. The van der Waals surface area contributed by atoms with Crippen molar-refractivity contribution in [1.29, 1.82) is 0 Å². The number of hydrogen-bond acceptors (Lipinski definition) is 6. The Morgan fingerprint density at radius 3 is 2.97 bits per heavy atom. The molecule has 1 N–H and O–H groups in total. The van der Waals surface area contributed by atoms with Crippen LogP contribution in [0.5, 0.6) is 5.75 Å². The molecule has 0 saturated carbocycles. The fourth-order valence-corrected chi connectivity index (χ4v) is 3.88. The molecule has 2 aromatic carbocycles. The number of halogens is 1. The van der Waals surface area contributed by atoms with Gasteiger partial charge in [0.2, 0.25) is 0 Å². The monoisotopic (exact) mass is 451 g/mol. The molecule has 33 heavy (non-hydrogen) atoms. The van der Waals surface area contributed by atoms with E-state index in [2.05, 4.69) is 20.0 Å². The van der Waals surface area contributed by atoms with Gasteiger partial charge in [-0.25, -0.2) is 14.2 Å². The molecule has 170 valence electrons. The Balaban J connectivity index is 1.26. The van der Waals surface area contributed by atoms with Crippen LogP contribution >= 0.6 is 0 Å². The summed E-state index contributed by atoms with van der Waals surface area (Å²) in [5, 5.41) is 7.06. The lowest BCUT2D eigenvalue weighted by atomic mass is 10.1. The van der Waals surface area contributed by atoms with Crippen LogP contribution in [0.1, 0.15) is 11.4 Å². The highest BCUT2D eigenvalue weighted by atomic mass is 19.1. The third-order valence-electron chi connectivity index (χ3n) is 5.50. The van der Waals surface area contributed by atoms with Crippen molar-refractivity contribution in [1.82, 2.24) is 19.3 Å². The molecule has 0 atom stereocenters. The van der Waals surface area contributed by atoms with Crippen molar-refractivity contribution in [2.75, 3.05) is 19.0 Å². The number of carbonyl (C=O) groups is 1. The minimum atomic E-state index is -0.617. The number of aromatic nitrogens is 4. The van der Waals surface area contributed by atoms with Crippen LogP contribution in [0.4, 0.5) is 15.0 Å². The number of nitrogens with zero attached hydrogens (tertiary/aromatic N) is 4. The van der Waals surface area contributed by atoms with E-state index < -0.39 is 11.9 Å². The van der Waals surface area contributed by atoms with Gasteiger partial charge in [0.15, 0.2) is 0 Å². The number of ether oxygens (including phenoxy) is 3. The second-order valence-corrected chi connectivity index (χ2v) is 7.64. The van der Waals surface area contributed by atoms with Gasteiger partial charge in [-0.05, 0) is 29.8 Å². The quantitative estimate of drug-likeness (QED) is 0.495. The van der Waals surface area contributed by atoms with Gasteiger partial charge in [-0.1, -0.05) is 6.07 Å². The molecule has 0 radical (unpaired) electrons. The predicted molar refractivity (Wildman–Crippen MR) is 118 cm³/mol. The molecule has 0 saturated heterocycles. The number of amides is 1. The summed E-state index contributed by atoms with van der Waals surface area (Å²) in [7, 11) is 3.15. The van der Waals surface area contributed by atoms with E-state index in [9.17, 15) is 9.18 Å². The average molecular weight is 451 g/mol. The van der Waals surface area contributed by atoms with Gasteiger partial charge in [0, 0.05) is 31.3 Å². The Bertz CT molecular complexity index is 1350. The molecule has 4 aromatic rings. The molecule has 0 spiro atoms. The molecular weight excluding hydrogens is 429 g/mol. The third kappa shape index (κ3) is 4.12. The number of carbonyl (C=O) groups excluding carboxylic acids is 1. The molecular formula is C23H22FN5O4. The molecule has 0 fully saturated rings. The number of aryl methyl sites for hydroxylation is 1. The molecule has 3 heterocycles. The highest BCUT2D eigenvalue weighted by Gasteiger charge is 2.17. The number of anilines is 1. The Hall–Kier alpha value is -3.92. The lowest BCUT2D eigenvalue weighted by Gasteiger charge is -2.14. The van der Waals surface area contributed by atoms with E-state index in [0.29, 0.717) is 36.0 Å². The zero-order valence-corrected chi connectivity index (χ0v) is 18.2. The number of nitrogens with one attached hydrogen (secondary N) is 1. The topological polar surface area (TPSA) is 92.4 Å². The van der Waals surface area contributed by atoms with Gasteiger partial charge in [0.05, 0.1) is 30.4 Å². The molecule has 0 aliphatic carbocycles. The average Bonchev–Trinajstić information content (AvgIpc) is 3.37. The molecule has 0 unspecified atom stereocenters. The molecule has 10 heteroatoms. The number of methoxy groups -OCH3 is 1. The van der Waals surface area contributed by atoms with Crippen LogP contribution in [0.15, 0.2) is 42.5 Å². The Morgan fingerprint density at radius 2 is 2.12 bits per heavy atom. The first-order chi connectivity index (χ1) is 16.0. The van der Waals surface area contributed by atoms with Crippen LogP contribution in [0.25, 0.3) is 22.3 Å². The van der Waals surface area contributed by atoms with E-state index in [1.165, 1.54) is 23.9 Å².